The standard InChI is InChI=1S/C15H19NO4S/c1-20-15(17)12-6-4-8-14(12)21(18,19)16-10-9-11-5-2-3-7-13(11)16/h2-3,5,7,12,14H,4,6,8-10H2,1H3. The number of methoxy groups -OCH3 is 1. The molecule has 1 aliphatic carbocycles. The highest BCUT2D eigenvalue weighted by molar-refractivity contribution is 7.93. The summed E-state index contributed by atoms with van der Waals surface area (Å²) >= 11 is 0. The van der Waals surface area contributed by atoms with Crippen LogP contribution in [0.15, 0.2) is 24.3 Å². The van der Waals surface area contributed by atoms with Crippen LogP contribution in [0.5, 0.6) is 0 Å². The van der Waals surface area contributed by atoms with Crippen LogP contribution in [0.1, 0.15) is 24.8 Å². The van der Waals surface area contributed by atoms with Crippen LogP contribution in [0.25, 0.3) is 0 Å². The van der Waals surface area contributed by atoms with Gasteiger partial charge in [0.2, 0.25) is 10.0 Å². The van der Waals surface area contributed by atoms with Crippen molar-refractivity contribution in [1.29, 1.82) is 0 Å². The van der Waals surface area contributed by atoms with Gasteiger partial charge in [0.25, 0.3) is 0 Å². The molecule has 21 heavy (non-hydrogen) atoms. The summed E-state index contributed by atoms with van der Waals surface area (Å²) < 4.78 is 32.1. The van der Waals surface area contributed by atoms with Crippen LogP contribution in [0.3, 0.4) is 0 Å². The van der Waals surface area contributed by atoms with E-state index in [0.717, 1.165) is 24.1 Å². The molecule has 1 saturated carbocycles. The fourth-order valence-corrected chi connectivity index (χ4v) is 5.69. The van der Waals surface area contributed by atoms with Crippen LogP contribution in [0.2, 0.25) is 0 Å². The van der Waals surface area contributed by atoms with Crippen molar-refractivity contribution in [3.8, 4) is 0 Å². The van der Waals surface area contributed by atoms with Gasteiger partial charge in [-0.25, -0.2) is 8.42 Å². The molecule has 0 spiro atoms. The molecule has 0 bridgehead atoms. The Labute approximate surface area is 124 Å². The van der Waals surface area contributed by atoms with Gasteiger partial charge in [-0.1, -0.05) is 24.6 Å². The molecule has 1 fully saturated rings. The first-order valence-corrected chi connectivity index (χ1v) is 8.73. The Balaban J connectivity index is 1.93. The molecule has 2 aliphatic rings. The largest absolute Gasteiger partial charge is 0.469 e. The van der Waals surface area contributed by atoms with E-state index in [0.29, 0.717) is 19.4 Å². The number of rotatable bonds is 3. The molecule has 5 nitrogen and oxygen atoms in total. The Hall–Kier alpha value is -1.56. The predicted molar refractivity (Wildman–Crippen MR) is 79.6 cm³/mol. The molecule has 1 aromatic carbocycles. The van der Waals surface area contributed by atoms with Gasteiger partial charge in [-0.05, 0) is 30.9 Å². The maximum absolute atomic E-state index is 12.9. The number of hydrogen-bond acceptors (Lipinski definition) is 4. The van der Waals surface area contributed by atoms with Gasteiger partial charge in [0.15, 0.2) is 0 Å². The summed E-state index contributed by atoms with van der Waals surface area (Å²) in [6.45, 7) is 0.464. The molecule has 0 radical (unpaired) electrons. The normalized spacial score (nSPS) is 24.9. The van der Waals surface area contributed by atoms with Crippen LogP contribution in [0, 0.1) is 5.92 Å². The number of esters is 1. The van der Waals surface area contributed by atoms with Crippen LogP contribution < -0.4 is 4.31 Å². The number of hydrogen-bond donors (Lipinski definition) is 0. The van der Waals surface area contributed by atoms with Gasteiger partial charge in [0.05, 0.1) is 24.0 Å². The number of anilines is 1. The van der Waals surface area contributed by atoms with E-state index < -0.39 is 27.2 Å². The SMILES string of the molecule is COC(=O)C1CCCC1S(=O)(=O)N1CCc2ccccc21. The van der Waals surface area contributed by atoms with E-state index in [1.54, 1.807) is 0 Å². The molecule has 0 aromatic heterocycles. The Morgan fingerprint density at radius 2 is 2.05 bits per heavy atom. The second kappa shape index (κ2) is 5.33. The highest BCUT2D eigenvalue weighted by Gasteiger charge is 2.46. The molecular formula is C15H19NO4S. The fraction of sp³-hybridized carbons (Fsp3) is 0.533. The average Bonchev–Trinajstić information content (AvgIpc) is 3.13. The first-order valence-electron chi connectivity index (χ1n) is 7.23. The van der Waals surface area contributed by atoms with E-state index in [1.807, 2.05) is 24.3 Å². The number of sulfonamides is 1. The topological polar surface area (TPSA) is 63.7 Å². The van der Waals surface area contributed by atoms with Crippen molar-refractivity contribution < 1.29 is 17.9 Å². The molecule has 1 heterocycles. The Kier molecular flexibility index (Phi) is 3.65. The smallest absolute Gasteiger partial charge is 0.310 e. The van der Waals surface area contributed by atoms with E-state index >= 15 is 0 Å². The molecule has 2 atom stereocenters. The molecular weight excluding hydrogens is 290 g/mol. The van der Waals surface area contributed by atoms with Crippen molar-refractivity contribution in [2.24, 2.45) is 5.92 Å². The average molecular weight is 309 g/mol. The molecule has 0 N–H and O–H groups in total. The summed E-state index contributed by atoms with van der Waals surface area (Å²) in [5.74, 6) is -0.943. The zero-order valence-corrected chi connectivity index (χ0v) is 12.8. The lowest BCUT2D eigenvalue weighted by Gasteiger charge is -2.26. The van der Waals surface area contributed by atoms with Crippen molar-refractivity contribution in [3.63, 3.8) is 0 Å². The molecule has 0 amide bonds. The van der Waals surface area contributed by atoms with Gasteiger partial charge in [-0.2, -0.15) is 0 Å². The first kappa shape index (κ1) is 14.4. The molecule has 114 valence electrons. The van der Waals surface area contributed by atoms with Gasteiger partial charge in [0, 0.05) is 6.54 Å². The number of benzene rings is 1. The van der Waals surface area contributed by atoms with Crippen molar-refractivity contribution in [1.82, 2.24) is 0 Å². The van der Waals surface area contributed by atoms with Gasteiger partial charge in [-0.15, -0.1) is 0 Å². The quantitative estimate of drug-likeness (QED) is 0.798. The highest BCUT2D eigenvalue weighted by atomic mass is 32.2. The van der Waals surface area contributed by atoms with Crippen molar-refractivity contribution >= 4 is 21.7 Å². The second-order valence-corrected chi connectivity index (χ2v) is 7.67. The van der Waals surface area contributed by atoms with Crippen LogP contribution in [-0.4, -0.2) is 33.3 Å². The van der Waals surface area contributed by atoms with E-state index in [1.165, 1.54) is 11.4 Å². The van der Waals surface area contributed by atoms with Crippen molar-refractivity contribution in [3.05, 3.63) is 29.8 Å². The summed E-state index contributed by atoms with van der Waals surface area (Å²) in [5, 5.41) is -0.656. The second-order valence-electron chi connectivity index (χ2n) is 5.59. The van der Waals surface area contributed by atoms with Crippen LogP contribution in [0.4, 0.5) is 5.69 Å². The molecule has 6 heteroatoms. The monoisotopic (exact) mass is 309 g/mol. The number of nitrogens with zero attached hydrogens (tertiary/aromatic N) is 1. The van der Waals surface area contributed by atoms with Crippen LogP contribution in [-0.2, 0) is 26.0 Å². The molecule has 1 aliphatic heterocycles. The summed E-state index contributed by atoms with van der Waals surface area (Å²) in [7, 11) is -2.21. The lowest BCUT2D eigenvalue weighted by molar-refractivity contribution is -0.145. The van der Waals surface area contributed by atoms with Gasteiger partial charge < -0.3 is 4.74 Å². The number of carbonyl (C=O) groups excluding carboxylic acids is 1. The highest BCUT2D eigenvalue weighted by Crippen LogP contribution is 2.38. The minimum Gasteiger partial charge on any atom is -0.469 e. The number of ether oxygens (including phenoxy) is 1. The fourth-order valence-electron chi connectivity index (χ4n) is 3.44. The van der Waals surface area contributed by atoms with Crippen molar-refractivity contribution in [2.45, 2.75) is 30.9 Å². The van der Waals surface area contributed by atoms with Crippen molar-refractivity contribution in [2.75, 3.05) is 18.0 Å². The zero-order valence-electron chi connectivity index (χ0n) is 12.0. The number of carbonyl (C=O) groups is 1. The lowest BCUT2D eigenvalue weighted by atomic mass is 10.1. The molecule has 3 rings (SSSR count). The predicted octanol–water partition coefficient (Wildman–Crippen LogP) is 1.72. The summed E-state index contributed by atoms with van der Waals surface area (Å²) in [5.41, 5.74) is 1.81. The lowest BCUT2D eigenvalue weighted by Crippen LogP contribution is -2.41. The minimum absolute atomic E-state index is 0.409. The third-order valence-corrected chi connectivity index (χ3v) is 6.81. The molecule has 1 aromatic rings. The summed E-state index contributed by atoms with van der Waals surface area (Å²) in [4.78, 5) is 11.8. The summed E-state index contributed by atoms with van der Waals surface area (Å²) in [6, 6.07) is 7.56. The van der Waals surface area contributed by atoms with E-state index in [-0.39, 0.29) is 0 Å². The third-order valence-electron chi connectivity index (χ3n) is 4.49. The maximum Gasteiger partial charge on any atom is 0.310 e. The zero-order chi connectivity index (χ0) is 15.0. The Bertz CT molecular complexity index is 655. The maximum atomic E-state index is 12.9. The third kappa shape index (κ3) is 2.31. The molecule has 2 unspecified atom stereocenters. The van der Waals surface area contributed by atoms with E-state index in [4.69, 9.17) is 4.74 Å². The van der Waals surface area contributed by atoms with E-state index in [9.17, 15) is 13.2 Å². The van der Waals surface area contributed by atoms with E-state index in [2.05, 4.69) is 0 Å². The van der Waals surface area contributed by atoms with Gasteiger partial charge in [0.1, 0.15) is 0 Å². The minimum atomic E-state index is -3.52. The first-order chi connectivity index (χ1) is 10.1. The molecule has 0 saturated heterocycles. The van der Waals surface area contributed by atoms with Gasteiger partial charge in [-0.3, -0.25) is 9.10 Å². The number of fused-ring (bicyclic) bond motifs is 1. The summed E-state index contributed by atoms with van der Waals surface area (Å²) in [6.07, 6.45) is 2.59. The van der Waals surface area contributed by atoms with Crippen LogP contribution >= 0.6 is 0 Å². The van der Waals surface area contributed by atoms with Gasteiger partial charge >= 0.3 is 5.97 Å². The number of para-hydroxylation sites is 1. The Morgan fingerprint density at radius 3 is 2.81 bits per heavy atom. The Morgan fingerprint density at radius 1 is 1.29 bits per heavy atom.